The molecule has 0 unspecified atom stereocenters. The zero-order valence-electron chi connectivity index (χ0n) is 44.0. The Morgan fingerprint density at radius 2 is 0.410 bits per heavy atom. The second kappa shape index (κ2) is 16.9. The minimum atomic E-state index is -0.343. The Balaban J connectivity index is 1.01. The number of hydrogen-bond donors (Lipinski definition) is 0. The van der Waals surface area contributed by atoms with Gasteiger partial charge in [0.1, 0.15) is 0 Å². The maximum absolute atomic E-state index is 2.68. The van der Waals surface area contributed by atoms with Gasteiger partial charge in [-0.2, -0.15) is 0 Å². The number of anilines is 8. The number of nitrogens with zero attached hydrogens (tertiary/aromatic N) is 4. The monoisotopic (exact) mass is 998 g/mol. The first-order valence-electron chi connectivity index (χ1n) is 27.4. The average molecular weight is 999 g/mol. The van der Waals surface area contributed by atoms with E-state index >= 15 is 0 Å². The highest BCUT2D eigenvalue weighted by Crippen LogP contribution is 2.58. The topological polar surface area (TPSA) is 13.0 Å². The zero-order valence-corrected chi connectivity index (χ0v) is 44.0. The van der Waals surface area contributed by atoms with Gasteiger partial charge in [0.25, 0.3) is 0 Å². The Morgan fingerprint density at radius 1 is 0.205 bits per heavy atom. The normalized spacial score (nSPS) is 13.9. The quantitative estimate of drug-likeness (QED) is 0.159. The van der Waals surface area contributed by atoms with Gasteiger partial charge in [-0.1, -0.05) is 170 Å². The van der Waals surface area contributed by atoms with Gasteiger partial charge in [0.05, 0.1) is 22.7 Å². The third-order valence-electron chi connectivity index (χ3n) is 17.6. The first-order valence-corrected chi connectivity index (χ1v) is 27.4. The number of aryl methyl sites for hydroxylation is 4. The van der Waals surface area contributed by atoms with Gasteiger partial charge in [-0.15, -0.1) is 0 Å². The molecule has 4 nitrogen and oxygen atoms in total. The lowest BCUT2D eigenvalue weighted by molar-refractivity contribution is 0.550. The van der Waals surface area contributed by atoms with Crippen molar-refractivity contribution in [2.45, 2.75) is 40.0 Å². The summed E-state index contributed by atoms with van der Waals surface area (Å²) in [5, 5.41) is 19.9. The summed E-state index contributed by atoms with van der Waals surface area (Å²) in [5.74, 6) is 0. The molecule has 2 aliphatic rings. The fourth-order valence-electron chi connectivity index (χ4n) is 13.4. The standard InChI is InChI=1S/C74H54N4/c1-45-37-69-70(38-46(45)2)76(58-30-34-66-54(42-58)26-22-50-14-6-10-18-62(50)66)73(75(69)57-29-33-65-53(41-57)25-21-49-13-5-9-17-61(49)65)74-77(59-31-35-67-55(43-59)27-23-51-15-7-11-19-63(51)67)71-39-47(3)48(4)40-72(71)78(74)60-32-36-68-56(44-60)28-24-52-16-8-12-20-64(52)68/h5-44,73-74H,1-4H3. The van der Waals surface area contributed by atoms with Gasteiger partial charge in [0.2, 0.25) is 0 Å². The van der Waals surface area contributed by atoms with Crippen LogP contribution in [0.15, 0.2) is 243 Å². The van der Waals surface area contributed by atoms with Crippen LogP contribution < -0.4 is 19.6 Å². The van der Waals surface area contributed by atoms with Gasteiger partial charge in [-0.25, -0.2) is 0 Å². The summed E-state index contributed by atoms with van der Waals surface area (Å²) < 4.78 is 0. The van der Waals surface area contributed by atoms with Gasteiger partial charge in [-0.05, 0) is 209 Å². The van der Waals surface area contributed by atoms with Crippen molar-refractivity contribution in [1.82, 2.24) is 0 Å². The maximum Gasteiger partial charge on any atom is 0.151 e. The summed E-state index contributed by atoms with van der Waals surface area (Å²) in [4.78, 5) is 10.7. The second-order valence-corrected chi connectivity index (χ2v) is 21.9. The molecule has 2 aliphatic heterocycles. The molecule has 14 aromatic rings. The van der Waals surface area contributed by atoms with E-state index in [0.717, 1.165) is 22.7 Å². The lowest BCUT2D eigenvalue weighted by Crippen LogP contribution is -2.58. The van der Waals surface area contributed by atoms with Crippen molar-refractivity contribution in [2.24, 2.45) is 0 Å². The van der Waals surface area contributed by atoms with Crippen LogP contribution in [-0.4, -0.2) is 12.3 Å². The molecule has 0 amide bonds. The third kappa shape index (κ3) is 6.66. The molecule has 0 N–H and O–H groups in total. The number of benzene rings is 14. The molecular weight excluding hydrogens is 945 g/mol. The van der Waals surface area contributed by atoms with Crippen molar-refractivity contribution in [3.63, 3.8) is 0 Å². The van der Waals surface area contributed by atoms with E-state index in [1.165, 1.54) is 131 Å². The predicted octanol–water partition coefficient (Wildman–Crippen LogP) is 20.1. The van der Waals surface area contributed by atoms with Crippen LogP contribution in [-0.2, 0) is 0 Å². The van der Waals surface area contributed by atoms with Crippen LogP contribution in [0.2, 0.25) is 0 Å². The molecular formula is C74H54N4. The number of fused-ring (bicyclic) bond motifs is 14. The molecule has 0 spiro atoms. The van der Waals surface area contributed by atoms with Crippen LogP contribution >= 0.6 is 0 Å². The van der Waals surface area contributed by atoms with Gasteiger partial charge in [-0.3, -0.25) is 0 Å². The fourth-order valence-corrected chi connectivity index (χ4v) is 13.4. The Labute approximate surface area is 453 Å². The molecule has 78 heavy (non-hydrogen) atoms. The molecule has 0 saturated carbocycles. The van der Waals surface area contributed by atoms with Crippen molar-refractivity contribution < 1.29 is 0 Å². The molecule has 2 heterocycles. The van der Waals surface area contributed by atoms with Crippen LogP contribution in [0.1, 0.15) is 22.3 Å². The van der Waals surface area contributed by atoms with Gasteiger partial charge in [0, 0.05) is 22.7 Å². The summed E-state index contributed by atoms with van der Waals surface area (Å²) in [5.41, 5.74) is 14.3. The first-order chi connectivity index (χ1) is 38.3. The number of hydrogen-bond acceptors (Lipinski definition) is 4. The highest BCUT2D eigenvalue weighted by molar-refractivity contribution is 6.13. The average Bonchev–Trinajstić information content (AvgIpc) is 4.05. The van der Waals surface area contributed by atoms with Crippen LogP contribution in [0.25, 0.3) is 86.2 Å². The molecule has 0 atom stereocenters. The van der Waals surface area contributed by atoms with Gasteiger partial charge < -0.3 is 19.6 Å². The molecule has 370 valence electrons. The molecule has 16 rings (SSSR count). The molecule has 4 heteroatoms. The summed E-state index contributed by atoms with van der Waals surface area (Å²) >= 11 is 0. The Hall–Kier alpha value is -9.64. The summed E-state index contributed by atoms with van der Waals surface area (Å²) in [6.45, 7) is 9.08. The fraction of sp³-hybridized carbons (Fsp3) is 0.0811. The SMILES string of the molecule is Cc1cc2c(cc1C)N(c1ccc3c(ccc4ccccc43)c1)C(C1N(c3ccc4c(ccc5ccccc54)c3)c3cc(C)c(C)cc3N1c1ccc3c(ccc4ccccc43)c1)N2c1ccc2c(ccc3ccccc32)c1. The molecule has 0 bridgehead atoms. The van der Waals surface area contributed by atoms with E-state index in [4.69, 9.17) is 0 Å². The Morgan fingerprint density at radius 3 is 0.654 bits per heavy atom. The smallest absolute Gasteiger partial charge is 0.151 e. The van der Waals surface area contributed by atoms with Gasteiger partial charge >= 0.3 is 0 Å². The van der Waals surface area contributed by atoms with Crippen LogP contribution in [0.3, 0.4) is 0 Å². The Kier molecular flexibility index (Phi) is 9.69. The molecule has 0 saturated heterocycles. The molecule has 0 fully saturated rings. The minimum absolute atomic E-state index is 0.343. The molecule has 14 aromatic carbocycles. The van der Waals surface area contributed by atoms with Crippen molar-refractivity contribution in [1.29, 1.82) is 0 Å². The molecule has 0 radical (unpaired) electrons. The van der Waals surface area contributed by atoms with E-state index in [2.05, 4.69) is 290 Å². The van der Waals surface area contributed by atoms with E-state index in [1.807, 2.05) is 0 Å². The number of rotatable bonds is 5. The third-order valence-corrected chi connectivity index (χ3v) is 17.6. The zero-order chi connectivity index (χ0) is 51.9. The highest BCUT2D eigenvalue weighted by atomic mass is 15.5. The van der Waals surface area contributed by atoms with Crippen LogP contribution in [0.4, 0.5) is 45.5 Å². The van der Waals surface area contributed by atoms with E-state index in [9.17, 15) is 0 Å². The van der Waals surface area contributed by atoms with Crippen LogP contribution in [0, 0.1) is 27.7 Å². The van der Waals surface area contributed by atoms with E-state index in [-0.39, 0.29) is 12.3 Å². The summed E-state index contributed by atoms with van der Waals surface area (Å²) in [7, 11) is 0. The van der Waals surface area contributed by atoms with Crippen molar-refractivity contribution in [3.05, 3.63) is 265 Å². The molecule has 0 aliphatic carbocycles. The highest BCUT2D eigenvalue weighted by Gasteiger charge is 2.52. The van der Waals surface area contributed by atoms with Crippen molar-refractivity contribution >= 4 is 132 Å². The van der Waals surface area contributed by atoms with E-state index < -0.39 is 0 Å². The lowest BCUT2D eigenvalue weighted by atomic mass is 10.00. The predicted molar refractivity (Wildman–Crippen MR) is 334 cm³/mol. The van der Waals surface area contributed by atoms with E-state index in [1.54, 1.807) is 0 Å². The summed E-state index contributed by atoms with van der Waals surface area (Å²) in [6, 6.07) is 92.0. The molecule has 0 aromatic heterocycles. The Bertz CT molecular complexity index is 4250. The maximum atomic E-state index is 2.68. The minimum Gasteiger partial charge on any atom is -0.314 e. The summed E-state index contributed by atoms with van der Waals surface area (Å²) in [6.07, 6.45) is -0.686. The van der Waals surface area contributed by atoms with E-state index in [0.29, 0.717) is 0 Å². The second-order valence-electron chi connectivity index (χ2n) is 21.9. The van der Waals surface area contributed by atoms with Crippen LogP contribution in [0.5, 0.6) is 0 Å². The van der Waals surface area contributed by atoms with Crippen molar-refractivity contribution in [2.75, 3.05) is 19.6 Å². The lowest BCUT2D eigenvalue weighted by Gasteiger charge is -2.45. The van der Waals surface area contributed by atoms with Crippen molar-refractivity contribution in [3.8, 4) is 0 Å². The first kappa shape index (κ1) is 44.6. The van der Waals surface area contributed by atoms with Gasteiger partial charge in [0.15, 0.2) is 12.3 Å². The largest absolute Gasteiger partial charge is 0.314 e.